The van der Waals surface area contributed by atoms with Crippen molar-refractivity contribution >= 4 is 11.0 Å². The summed E-state index contributed by atoms with van der Waals surface area (Å²) < 4.78 is 0. The lowest BCUT2D eigenvalue weighted by Gasteiger charge is -2.07. The van der Waals surface area contributed by atoms with Gasteiger partial charge in [0.2, 0.25) is 0 Å². The number of fused-ring (bicyclic) bond motifs is 1. The average Bonchev–Trinajstić information content (AvgIpc) is 2.93. The van der Waals surface area contributed by atoms with Crippen molar-refractivity contribution in [3.05, 3.63) is 40.7 Å². The third kappa shape index (κ3) is 1.61. The molecule has 0 radical (unpaired) electrons. The lowest BCUT2D eigenvalue weighted by Crippen LogP contribution is -2.21. The third-order valence-corrected chi connectivity index (χ3v) is 4.15. The molecule has 0 unspecified atom stereocenters. The van der Waals surface area contributed by atoms with Crippen LogP contribution in [0.2, 0.25) is 0 Å². The highest BCUT2D eigenvalue weighted by Gasteiger charge is 2.45. The van der Waals surface area contributed by atoms with Gasteiger partial charge in [-0.1, -0.05) is 6.07 Å². The van der Waals surface area contributed by atoms with Gasteiger partial charge in [-0.15, -0.1) is 0 Å². The van der Waals surface area contributed by atoms with E-state index in [1.165, 1.54) is 0 Å². The van der Waals surface area contributed by atoms with Gasteiger partial charge in [0.15, 0.2) is 0 Å². The van der Waals surface area contributed by atoms with Crippen LogP contribution in [0.15, 0.2) is 29.2 Å². The molecule has 2 aromatic heterocycles. The number of rotatable bonds is 3. The minimum absolute atomic E-state index is 0.0603. The molecule has 0 saturated heterocycles. The molecule has 5 N–H and O–H groups in total. The predicted octanol–water partition coefficient (Wildman–Crippen LogP) is 1.24. The van der Waals surface area contributed by atoms with Crippen LogP contribution >= 0.6 is 0 Å². The Balaban J connectivity index is 1.77. The molecule has 0 aliphatic heterocycles. The Morgan fingerprint density at radius 2 is 2.00 bits per heavy atom. The minimum atomic E-state index is -0.192. The van der Waals surface area contributed by atoms with Gasteiger partial charge in [-0.25, -0.2) is 9.78 Å². The van der Waals surface area contributed by atoms with Gasteiger partial charge in [0, 0.05) is 17.5 Å². The maximum atomic E-state index is 11.3. The molecule has 0 bridgehead atoms. The molecule has 6 nitrogen and oxygen atoms in total. The molecule has 2 heterocycles. The van der Waals surface area contributed by atoms with Crippen LogP contribution in [0, 0.1) is 0 Å². The van der Waals surface area contributed by atoms with Crippen molar-refractivity contribution in [1.29, 1.82) is 0 Å². The van der Waals surface area contributed by atoms with Gasteiger partial charge in [-0.3, -0.25) is 0 Å². The van der Waals surface area contributed by atoms with E-state index in [0.717, 1.165) is 41.0 Å². The predicted molar refractivity (Wildman–Crippen MR) is 76.5 cm³/mol. The van der Waals surface area contributed by atoms with Crippen molar-refractivity contribution in [3.63, 3.8) is 0 Å². The first kappa shape index (κ1) is 11.5. The summed E-state index contributed by atoms with van der Waals surface area (Å²) in [5.41, 5.74) is 9.24. The Bertz CT molecular complexity index is 836. The maximum absolute atomic E-state index is 11.3. The highest BCUT2D eigenvalue weighted by molar-refractivity contribution is 5.80. The van der Waals surface area contributed by atoms with Gasteiger partial charge < -0.3 is 20.7 Å². The molecular formula is C14H15N5O. The number of H-pyrrole nitrogens is 3. The van der Waals surface area contributed by atoms with Crippen LogP contribution in [0.25, 0.3) is 22.3 Å². The van der Waals surface area contributed by atoms with Crippen molar-refractivity contribution in [2.75, 3.05) is 6.54 Å². The van der Waals surface area contributed by atoms with Crippen molar-refractivity contribution in [2.45, 2.75) is 18.3 Å². The molecular weight excluding hydrogens is 254 g/mol. The van der Waals surface area contributed by atoms with E-state index in [0.29, 0.717) is 6.54 Å². The van der Waals surface area contributed by atoms with E-state index in [9.17, 15) is 4.79 Å². The molecule has 1 fully saturated rings. The summed E-state index contributed by atoms with van der Waals surface area (Å²) in [5.74, 6) is 0.970. The first-order valence-corrected chi connectivity index (χ1v) is 6.68. The highest BCUT2D eigenvalue weighted by Crippen LogP contribution is 2.46. The molecule has 1 aliphatic rings. The first-order chi connectivity index (χ1) is 9.70. The number of aromatic nitrogens is 4. The van der Waals surface area contributed by atoms with Gasteiger partial charge in [0.1, 0.15) is 5.82 Å². The Hall–Kier alpha value is -2.34. The fourth-order valence-corrected chi connectivity index (χ4v) is 2.63. The SMILES string of the molecule is NCC1(c2ncc(-c3ccc4[nH]c(=O)[nH]c4c3)[nH]2)CC1. The number of hydrogen-bond acceptors (Lipinski definition) is 3. The summed E-state index contributed by atoms with van der Waals surface area (Å²) in [4.78, 5) is 24.6. The second kappa shape index (κ2) is 3.83. The van der Waals surface area contributed by atoms with Gasteiger partial charge in [0.25, 0.3) is 0 Å². The fourth-order valence-electron chi connectivity index (χ4n) is 2.63. The molecule has 0 atom stereocenters. The van der Waals surface area contributed by atoms with Crippen molar-refractivity contribution in [3.8, 4) is 11.3 Å². The lowest BCUT2D eigenvalue weighted by atomic mass is 10.1. The Morgan fingerprint density at radius 1 is 1.20 bits per heavy atom. The van der Waals surface area contributed by atoms with Crippen LogP contribution in [-0.4, -0.2) is 26.5 Å². The maximum Gasteiger partial charge on any atom is 0.323 e. The first-order valence-electron chi connectivity index (χ1n) is 6.68. The standard InChI is InChI=1S/C14H15N5O/c15-7-14(3-4-14)12-16-6-11(17-12)8-1-2-9-10(5-8)19-13(20)18-9/h1-2,5-6H,3-4,7,15H2,(H,16,17)(H2,18,19,20). The lowest BCUT2D eigenvalue weighted by molar-refractivity contribution is 0.659. The summed E-state index contributed by atoms with van der Waals surface area (Å²) in [6.07, 6.45) is 4.03. The molecule has 20 heavy (non-hydrogen) atoms. The van der Waals surface area contributed by atoms with Crippen LogP contribution in [0.5, 0.6) is 0 Å². The zero-order valence-corrected chi connectivity index (χ0v) is 10.9. The summed E-state index contributed by atoms with van der Waals surface area (Å²) >= 11 is 0. The van der Waals surface area contributed by atoms with Gasteiger partial charge >= 0.3 is 5.69 Å². The average molecular weight is 269 g/mol. The summed E-state index contributed by atoms with van der Waals surface area (Å²) in [6, 6.07) is 5.79. The quantitative estimate of drug-likeness (QED) is 0.575. The molecule has 1 saturated carbocycles. The van der Waals surface area contributed by atoms with Crippen LogP contribution in [-0.2, 0) is 5.41 Å². The molecule has 4 rings (SSSR count). The van der Waals surface area contributed by atoms with Gasteiger partial charge in [-0.2, -0.15) is 0 Å². The molecule has 1 aliphatic carbocycles. The number of aromatic amines is 3. The van der Waals surface area contributed by atoms with E-state index in [-0.39, 0.29) is 11.1 Å². The molecule has 0 amide bonds. The zero-order valence-electron chi connectivity index (χ0n) is 10.9. The van der Waals surface area contributed by atoms with Crippen LogP contribution in [0.4, 0.5) is 0 Å². The van der Waals surface area contributed by atoms with Crippen molar-refractivity contribution in [1.82, 2.24) is 19.9 Å². The topological polar surface area (TPSA) is 103 Å². The minimum Gasteiger partial charge on any atom is -0.341 e. The Kier molecular flexibility index (Phi) is 2.20. The van der Waals surface area contributed by atoms with Crippen molar-refractivity contribution in [2.24, 2.45) is 5.73 Å². The number of nitrogens with one attached hydrogen (secondary N) is 3. The summed E-state index contributed by atoms with van der Waals surface area (Å²) in [5, 5.41) is 0. The van der Waals surface area contributed by atoms with Crippen molar-refractivity contribution < 1.29 is 0 Å². The summed E-state index contributed by atoms with van der Waals surface area (Å²) in [7, 11) is 0. The molecule has 102 valence electrons. The molecule has 0 spiro atoms. The monoisotopic (exact) mass is 269 g/mol. The Labute approximate surface area is 114 Å². The smallest absolute Gasteiger partial charge is 0.323 e. The van der Waals surface area contributed by atoms with Crippen LogP contribution in [0.3, 0.4) is 0 Å². The second-order valence-corrected chi connectivity index (χ2v) is 5.47. The largest absolute Gasteiger partial charge is 0.341 e. The van der Waals surface area contributed by atoms with Crippen LogP contribution in [0.1, 0.15) is 18.7 Å². The Morgan fingerprint density at radius 3 is 2.75 bits per heavy atom. The number of nitrogens with two attached hydrogens (primary N) is 1. The second-order valence-electron chi connectivity index (χ2n) is 5.47. The van der Waals surface area contributed by atoms with E-state index >= 15 is 0 Å². The van der Waals surface area contributed by atoms with E-state index in [4.69, 9.17) is 5.73 Å². The number of imidazole rings is 2. The van der Waals surface area contributed by atoms with E-state index in [1.807, 2.05) is 24.4 Å². The number of nitrogens with zero attached hydrogens (tertiary/aromatic N) is 1. The number of hydrogen-bond donors (Lipinski definition) is 4. The number of benzene rings is 1. The fraction of sp³-hybridized carbons (Fsp3) is 0.286. The normalized spacial score (nSPS) is 16.6. The molecule has 6 heteroatoms. The van der Waals surface area contributed by atoms with E-state index in [2.05, 4.69) is 19.9 Å². The van der Waals surface area contributed by atoms with E-state index in [1.54, 1.807) is 0 Å². The van der Waals surface area contributed by atoms with E-state index < -0.39 is 0 Å². The highest BCUT2D eigenvalue weighted by atomic mass is 16.1. The van der Waals surface area contributed by atoms with Gasteiger partial charge in [0.05, 0.1) is 22.9 Å². The molecule has 1 aromatic carbocycles. The summed E-state index contributed by atoms with van der Waals surface area (Å²) in [6.45, 7) is 0.629. The zero-order chi connectivity index (χ0) is 13.7. The molecule has 3 aromatic rings. The van der Waals surface area contributed by atoms with Gasteiger partial charge in [-0.05, 0) is 25.0 Å². The van der Waals surface area contributed by atoms with Crippen LogP contribution < -0.4 is 11.4 Å². The third-order valence-electron chi connectivity index (χ3n) is 4.15.